The van der Waals surface area contributed by atoms with Crippen LogP contribution in [-0.4, -0.2) is 73.7 Å². The van der Waals surface area contributed by atoms with Crippen LogP contribution < -0.4 is 10.9 Å². The maximum atomic E-state index is 12.2. The van der Waals surface area contributed by atoms with E-state index in [4.69, 9.17) is 4.74 Å². The van der Waals surface area contributed by atoms with Crippen molar-refractivity contribution in [3.8, 4) is 0 Å². The molecule has 2 aliphatic heterocycles. The number of hydrogen-bond acceptors (Lipinski definition) is 6. The summed E-state index contributed by atoms with van der Waals surface area (Å²) in [6.07, 6.45) is 4.87. The summed E-state index contributed by atoms with van der Waals surface area (Å²) in [5.74, 6) is 0.107. The van der Waals surface area contributed by atoms with Crippen molar-refractivity contribution in [2.75, 3.05) is 39.8 Å². The number of ether oxygens (including phenoxy) is 1. The minimum atomic E-state index is -0.244. The van der Waals surface area contributed by atoms with Gasteiger partial charge >= 0.3 is 5.97 Å². The molecule has 4 rings (SSSR count). The number of nitrogens with zero attached hydrogens (tertiary/aromatic N) is 2. The molecular weight excluding hydrogens is 352 g/mol. The maximum absolute atomic E-state index is 12.2. The third-order valence-electron chi connectivity index (χ3n) is 6.75. The second-order valence-electron chi connectivity index (χ2n) is 8.58. The zero-order valence-electron chi connectivity index (χ0n) is 17.2. The van der Waals surface area contributed by atoms with Gasteiger partial charge in [-0.1, -0.05) is 24.3 Å². The summed E-state index contributed by atoms with van der Waals surface area (Å²) in [4.78, 5) is 17.4. The number of likely N-dealkylation sites (tertiary alicyclic amines) is 1. The van der Waals surface area contributed by atoms with E-state index in [1.165, 1.54) is 43.4 Å². The molecule has 1 aliphatic carbocycles. The molecule has 2 saturated heterocycles. The Morgan fingerprint density at radius 3 is 2.75 bits per heavy atom. The topological polar surface area (TPSA) is 56.8 Å². The van der Waals surface area contributed by atoms with Gasteiger partial charge in [-0.3, -0.25) is 15.1 Å². The number of hydrazine groups is 1. The Morgan fingerprint density at radius 2 is 2.04 bits per heavy atom. The van der Waals surface area contributed by atoms with E-state index in [1.807, 2.05) is 6.92 Å². The van der Waals surface area contributed by atoms with Crippen molar-refractivity contribution in [3.05, 3.63) is 35.4 Å². The number of hydrogen-bond donors (Lipinski definition) is 2. The standard InChI is InChI=1S/C22H34N4O2/c1-3-28-22(27)21-18(13-23-24-21)14-25(2)19-9-6-10-26(15-19)20-11-16-7-4-5-8-17(16)12-20/h4-5,7-8,18-21,23-24H,3,6,9-15H2,1-2H3. The van der Waals surface area contributed by atoms with Crippen LogP contribution in [0.5, 0.6) is 0 Å². The Kier molecular flexibility index (Phi) is 6.31. The summed E-state index contributed by atoms with van der Waals surface area (Å²) in [5.41, 5.74) is 9.31. The number of nitrogens with one attached hydrogen (secondary N) is 2. The van der Waals surface area contributed by atoms with Crippen LogP contribution in [0, 0.1) is 5.92 Å². The molecule has 28 heavy (non-hydrogen) atoms. The van der Waals surface area contributed by atoms with E-state index in [0.29, 0.717) is 18.7 Å². The molecule has 2 fully saturated rings. The molecule has 0 amide bonds. The average Bonchev–Trinajstić information content (AvgIpc) is 3.35. The lowest BCUT2D eigenvalue weighted by molar-refractivity contribution is -0.146. The zero-order chi connectivity index (χ0) is 19.5. The van der Waals surface area contributed by atoms with Crippen LogP contribution in [-0.2, 0) is 22.4 Å². The van der Waals surface area contributed by atoms with E-state index in [2.05, 4.69) is 52.0 Å². The molecule has 1 aromatic rings. The minimum Gasteiger partial charge on any atom is -0.465 e. The van der Waals surface area contributed by atoms with Crippen molar-refractivity contribution in [1.82, 2.24) is 20.7 Å². The number of benzene rings is 1. The number of fused-ring (bicyclic) bond motifs is 1. The molecule has 154 valence electrons. The van der Waals surface area contributed by atoms with Gasteiger partial charge in [0.2, 0.25) is 0 Å². The second-order valence-corrected chi connectivity index (χ2v) is 8.58. The lowest BCUT2D eigenvalue weighted by Crippen LogP contribution is -2.52. The number of rotatable bonds is 6. The van der Waals surface area contributed by atoms with Crippen molar-refractivity contribution < 1.29 is 9.53 Å². The molecule has 3 atom stereocenters. The first-order chi connectivity index (χ1) is 13.7. The van der Waals surface area contributed by atoms with Crippen LogP contribution in [0.2, 0.25) is 0 Å². The van der Waals surface area contributed by atoms with Crippen molar-refractivity contribution in [1.29, 1.82) is 0 Å². The zero-order valence-corrected chi connectivity index (χ0v) is 17.2. The Bertz CT molecular complexity index is 657. The molecule has 0 bridgehead atoms. The van der Waals surface area contributed by atoms with Crippen LogP contribution in [0.1, 0.15) is 30.9 Å². The average molecular weight is 387 g/mol. The lowest BCUT2D eigenvalue weighted by Gasteiger charge is -2.41. The highest BCUT2D eigenvalue weighted by atomic mass is 16.5. The Morgan fingerprint density at radius 1 is 1.29 bits per heavy atom. The van der Waals surface area contributed by atoms with Crippen molar-refractivity contribution in [2.45, 2.75) is 50.7 Å². The van der Waals surface area contributed by atoms with E-state index in [1.54, 1.807) is 0 Å². The molecule has 1 aromatic carbocycles. The Hall–Kier alpha value is -1.47. The molecule has 6 heteroatoms. The first-order valence-electron chi connectivity index (χ1n) is 10.8. The maximum Gasteiger partial charge on any atom is 0.324 e. The second kappa shape index (κ2) is 8.91. The van der Waals surface area contributed by atoms with Gasteiger partial charge in [-0.2, -0.15) is 0 Å². The number of likely N-dealkylation sites (N-methyl/N-ethyl adjacent to an activating group) is 1. The third kappa shape index (κ3) is 4.25. The van der Waals surface area contributed by atoms with Gasteiger partial charge < -0.3 is 9.64 Å². The molecule has 3 aliphatic rings. The molecule has 0 spiro atoms. The summed E-state index contributed by atoms with van der Waals surface area (Å²) in [6, 6.07) is 9.87. The highest BCUT2D eigenvalue weighted by Gasteiger charge is 2.37. The summed E-state index contributed by atoms with van der Waals surface area (Å²) in [6.45, 7) is 6.35. The first kappa shape index (κ1) is 19.8. The van der Waals surface area contributed by atoms with Gasteiger partial charge in [0.1, 0.15) is 6.04 Å². The highest BCUT2D eigenvalue weighted by Crippen LogP contribution is 2.28. The largest absolute Gasteiger partial charge is 0.465 e. The number of carbonyl (C=O) groups is 1. The molecule has 0 saturated carbocycles. The van der Waals surface area contributed by atoms with E-state index in [9.17, 15) is 4.79 Å². The van der Waals surface area contributed by atoms with Gasteiger partial charge in [-0.15, -0.1) is 0 Å². The lowest BCUT2D eigenvalue weighted by atomic mass is 9.97. The fourth-order valence-corrected chi connectivity index (χ4v) is 5.18. The summed E-state index contributed by atoms with van der Waals surface area (Å²) < 4.78 is 5.23. The number of piperidine rings is 1. The first-order valence-corrected chi connectivity index (χ1v) is 10.8. The van der Waals surface area contributed by atoms with E-state index >= 15 is 0 Å². The van der Waals surface area contributed by atoms with Crippen molar-refractivity contribution in [3.63, 3.8) is 0 Å². The predicted octanol–water partition coefficient (Wildman–Crippen LogP) is 1.21. The van der Waals surface area contributed by atoms with Crippen LogP contribution in [0.4, 0.5) is 0 Å². The predicted molar refractivity (Wildman–Crippen MR) is 110 cm³/mol. The van der Waals surface area contributed by atoms with Gasteiger partial charge in [0.25, 0.3) is 0 Å². The summed E-state index contributed by atoms with van der Waals surface area (Å²) >= 11 is 0. The highest BCUT2D eigenvalue weighted by molar-refractivity contribution is 5.76. The van der Waals surface area contributed by atoms with Crippen LogP contribution in [0.3, 0.4) is 0 Å². The van der Waals surface area contributed by atoms with E-state index in [-0.39, 0.29) is 17.9 Å². The fraction of sp³-hybridized carbons (Fsp3) is 0.682. The van der Waals surface area contributed by atoms with Crippen LogP contribution in [0.15, 0.2) is 24.3 Å². The van der Waals surface area contributed by atoms with Crippen LogP contribution >= 0.6 is 0 Å². The Labute approximate surface area is 168 Å². The normalized spacial score (nSPS) is 28.6. The van der Waals surface area contributed by atoms with Gasteiger partial charge in [0.05, 0.1) is 6.61 Å². The molecule has 3 unspecified atom stereocenters. The van der Waals surface area contributed by atoms with E-state index in [0.717, 1.165) is 19.6 Å². The van der Waals surface area contributed by atoms with Crippen molar-refractivity contribution >= 4 is 5.97 Å². The van der Waals surface area contributed by atoms with Gasteiger partial charge in [-0.05, 0) is 57.3 Å². The molecule has 2 heterocycles. The summed E-state index contributed by atoms with van der Waals surface area (Å²) in [7, 11) is 2.22. The molecule has 2 N–H and O–H groups in total. The van der Waals surface area contributed by atoms with Gasteiger partial charge in [0.15, 0.2) is 0 Å². The minimum absolute atomic E-state index is 0.139. The smallest absolute Gasteiger partial charge is 0.324 e. The molecular formula is C22H34N4O2. The third-order valence-corrected chi connectivity index (χ3v) is 6.75. The van der Waals surface area contributed by atoms with Gasteiger partial charge in [0, 0.05) is 37.6 Å². The Balaban J connectivity index is 1.32. The molecule has 0 aromatic heterocycles. The number of esters is 1. The fourth-order valence-electron chi connectivity index (χ4n) is 5.18. The number of carbonyl (C=O) groups excluding carboxylic acids is 1. The molecule has 6 nitrogen and oxygen atoms in total. The van der Waals surface area contributed by atoms with Crippen LogP contribution in [0.25, 0.3) is 0 Å². The summed E-state index contributed by atoms with van der Waals surface area (Å²) in [5, 5.41) is 0. The molecule has 0 radical (unpaired) electrons. The van der Waals surface area contributed by atoms with Gasteiger partial charge in [-0.25, -0.2) is 5.43 Å². The monoisotopic (exact) mass is 386 g/mol. The van der Waals surface area contributed by atoms with E-state index < -0.39 is 0 Å². The van der Waals surface area contributed by atoms with Crippen molar-refractivity contribution in [2.24, 2.45) is 5.92 Å². The SMILES string of the molecule is CCOC(=O)C1NNCC1CN(C)C1CCCN(C2Cc3ccccc3C2)C1. The quantitative estimate of drug-likeness (QED) is 0.717.